The molecule has 1 aromatic heterocycles. The molecule has 0 amide bonds. The molecular formula is C16H22N2O2. The van der Waals surface area contributed by atoms with Gasteiger partial charge in [0.05, 0.1) is 7.11 Å². The molecule has 0 aliphatic heterocycles. The van der Waals surface area contributed by atoms with Crippen molar-refractivity contribution >= 4 is 0 Å². The number of aryl methyl sites for hydroxylation is 2. The third-order valence-corrected chi connectivity index (χ3v) is 3.67. The first-order valence-corrected chi connectivity index (χ1v) is 6.93. The maximum Gasteiger partial charge on any atom is 0.118 e. The number of methoxy groups -OCH3 is 1. The summed E-state index contributed by atoms with van der Waals surface area (Å²) >= 11 is 0. The lowest BCUT2D eigenvalue weighted by molar-refractivity contribution is 0.217. The average molecular weight is 274 g/mol. The summed E-state index contributed by atoms with van der Waals surface area (Å²) in [6, 6.07) is 10.1. The number of ether oxygens (including phenoxy) is 1. The molecule has 2 rings (SSSR count). The highest BCUT2D eigenvalue weighted by Gasteiger charge is 2.10. The van der Waals surface area contributed by atoms with E-state index in [1.165, 1.54) is 11.3 Å². The maximum absolute atomic E-state index is 9.54. The number of hydrogen-bond acceptors (Lipinski definition) is 3. The Balaban J connectivity index is 1.89. The molecule has 1 heterocycles. The zero-order valence-corrected chi connectivity index (χ0v) is 12.1. The number of hydrogen-bond donors (Lipinski definition) is 1. The van der Waals surface area contributed by atoms with Crippen LogP contribution < -0.4 is 4.74 Å². The van der Waals surface area contributed by atoms with Gasteiger partial charge in [0.2, 0.25) is 0 Å². The Morgan fingerprint density at radius 3 is 2.55 bits per heavy atom. The predicted molar refractivity (Wildman–Crippen MR) is 78.8 cm³/mol. The fourth-order valence-corrected chi connectivity index (χ4v) is 2.35. The number of nitrogens with zero attached hydrogens (tertiary/aromatic N) is 2. The van der Waals surface area contributed by atoms with E-state index in [1.54, 1.807) is 7.11 Å². The molecule has 1 atom stereocenters. The first kappa shape index (κ1) is 14.6. The molecule has 1 N–H and O–H groups in total. The summed E-state index contributed by atoms with van der Waals surface area (Å²) in [5.74, 6) is 1.14. The van der Waals surface area contributed by atoms with Crippen LogP contribution in [-0.2, 0) is 19.9 Å². The van der Waals surface area contributed by atoms with Gasteiger partial charge in [-0.25, -0.2) is 0 Å². The van der Waals surface area contributed by atoms with Crippen molar-refractivity contribution in [3.8, 4) is 5.75 Å². The zero-order chi connectivity index (χ0) is 14.4. The Bertz CT molecular complexity index is 520. The average Bonchev–Trinajstić information content (AvgIpc) is 2.89. The monoisotopic (exact) mass is 274 g/mol. The summed E-state index contributed by atoms with van der Waals surface area (Å²) in [6.45, 7) is 0.212. The van der Waals surface area contributed by atoms with E-state index in [-0.39, 0.29) is 12.5 Å². The lowest BCUT2D eigenvalue weighted by Gasteiger charge is -2.14. The number of benzene rings is 1. The zero-order valence-electron chi connectivity index (χ0n) is 12.1. The molecule has 1 aromatic carbocycles. The Morgan fingerprint density at radius 1 is 1.25 bits per heavy atom. The van der Waals surface area contributed by atoms with Gasteiger partial charge in [0.1, 0.15) is 5.75 Å². The lowest BCUT2D eigenvalue weighted by Crippen LogP contribution is -2.12. The van der Waals surface area contributed by atoms with Crippen LogP contribution in [0.15, 0.2) is 36.5 Å². The molecule has 0 saturated carbocycles. The fourth-order valence-electron chi connectivity index (χ4n) is 2.35. The summed E-state index contributed by atoms with van der Waals surface area (Å²) in [6.07, 6.45) is 4.60. The van der Waals surface area contributed by atoms with Crippen LogP contribution in [0.2, 0.25) is 0 Å². The van der Waals surface area contributed by atoms with Crippen molar-refractivity contribution < 1.29 is 9.84 Å². The topological polar surface area (TPSA) is 47.3 Å². The maximum atomic E-state index is 9.54. The molecule has 0 aliphatic carbocycles. The van der Waals surface area contributed by atoms with Gasteiger partial charge in [-0.2, -0.15) is 5.10 Å². The van der Waals surface area contributed by atoms with Crippen LogP contribution >= 0.6 is 0 Å². The number of aromatic nitrogens is 2. The van der Waals surface area contributed by atoms with Gasteiger partial charge in [0.25, 0.3) is 0 Å². The highest BCUT2D eigenvalue weighted by Crippen LogP contribution is 2.18. The molecule has 4 heteroatoms. The largest absolute Gasteiger partial charge is 0.497 e. The summed E-state index contributed by atoms with van der Waals surface area (Å²) in [4.78, 5) is 0. The lowest BCUT2D eigenvalue weighted by atomic mass is 9.95. The van der Waals surface area contributed by atoms with Crippen molar-refractivity contribution in [3.63, 3.8) is 0 Å². The second-order valence-corrected chi connectivity index (χ2v) is 5.09. The minimum atomic E-state index is 0.212. The van der Waals surface area contributed by atoms with Crippen LogP contribution in [0.4, 0.5) is 0 Å². The van der Waals surface area contributed by atoms with Crippen LogP contribution in [0.25, 0.3) is 0 Å². The van der Waals surface area contributed by atoms with Crippen molar-refractivity contribution in [3.05, 3.63) is 47.8 Å². The first-order chi connectivity index (χ1) is 9.72. The molecule has 0 fully saturated rings. The summed E-state index contributed by atoms with van der Waals surface area (Å²) in [5, 5.41) is 13.7. The molecular weight excluding hydrogens is 252 g/mol. The molecule has 0 spiro atoms. The molecule has 0 bridgehead atoms. The van der Waals surface area contributed by atoms with E-state index < -0.39 is 0 Å². The molecule has 108 valence electrons. The van der Waals surface area contributed by atoms with Gasteiger partial charge in [-0.05, 0) is 48.9 Å². The second kappa shape index (κ2) is 7.10. The highest BCUT2D eigenvalue weighted by molar-refractivity contribution is 5.27. The number of aliphatic hydroxyl groups is 1. The Kier molecular flexibility index (Phi) is 5.18. The standard InChI is InChI=1S/C16H22N2O2/c1-18-15(9-10-17-18)6-3-14(12-19)11-13-4-7-16(20-2)8-5-13/h4-5,7-10,14,19H,3,6,11-12H2,1-2H3. The SMILES string of the molecule is COc1ccc(CC(CO)CCc2ccnn2C)cc1. The Morgan fingerprint density at radius 2 is 2.00 bits per heavy atom. The van der Waals surface area contributed by atoms with Crippen molar-refractivity contribution in [2.75, 3.05) is 13.7 Å². The van der Waals surface area contributed by atoms with Gasteiger partial charge in [0.15, 0.2) is 0 Å². The quantitative estimate of drug-likeness (QED) is 0.842. The van der Waals surface area contributed by atoms with Gasteiger partial charge in [-0.15, -0.1) is 0 Å². The molecule has 2 aromatic rings. The van der Waals surface area contributed by atoms with Crippen molar-refractivity contribution in [2.45, 2.75) is 19.3 Å². The second-order valence-electron chi connectivity index (χ2n) is 5.09. The van der Waals surface area contributed by atoms with Crippen LogP contribution in [0.1, 0.15) is 17.7 Å². The minimum Gasteiger partial charge on any atom is -0.497 e. The van der Waals surface area contributed by atoms with Gasteiger partial charge in [-0.3, -0.25) is 4.68 Å². The van der Waals surface area contributed by atoms with Gasteiger partial charge >= 0.3 is 0 Å². The van der Waals surface area contributed by atoms with Crippen LogP contribution in [-0.4, -0.2) is 28.6 Å². The van der Waals surface area contributed by atoms with Crippen LogP contribution in [0.5, 0.6) is 5.75 Å². The van der Waals surface area contributed by atoms with Crippen molar-refractivity contribution in [2.24, 2.45) is 13.0 Å². The predicted octanol–water partition coefficient (Wildman–Crippen LogP) is 2.21. The number of aliphatic hydroxyl groups excluding tert-OH is 1. The van der Waals surface area contributed by atoms with E-state index in [9.17, 15) is 5.11 Å². The summed E-state index contributed by atoms with van der Waals surface area (Å²) < 4.78 is 7.04. The van der Waals surface area contributed by atoms with Crippen molar-refractivity contribution in [1.29, 1.82) is 0 Å². The van der Waals surface area contributed by atoms with E-state index in [0.717, 1.165) is 25.0 Å². The Hall–Kier alpha value is -1.81. The fraction of sp³-hybridized carbons (Fsp3) is 0.438. The van der Waals surface area contributed by atoms with E-state index in [1.807, 2.05) is 36.1 Å². The van der Waals surface area contributed by atoms with E-state index >= 15 is 0 Å². The molecule has 0 radical (unpaired) electrons. The number of rotatable bonds is 7. The normalized spacial score (nSPS) is 12.3. The highest BCUT2D eigenvalue weighted by atomic mass is 16.5. The van der Waals surface area contributed by atoms with E-state index in [2.05, 4.69) is 17.2 Å². The van der Waals surface area contributed by atoms with E-state index in [4.69, 9.17) is 4.74 Å². The first-order valence-electron chi connectivity index (χ1n) is 6.93. The smallest absolute Gasteiger partial charge is 0.118 e. The molecule has 0 aliphatic rings. The third kappa shape index (κ3) is 3.84. The van der Waals surface area contributed by atoms with Gasteiger partial charge in [-0.1, -0.05) is 12.1 Å². The molecule has 1 unspecified atom stereocenters. The van der Waals surface area contributed by atoms with E-state index in [0.29, 0.717) is 0 Å². The van der Waals surface area contributed by atoms with Crippen molar-refractivity contribution in [1.82, 2.24) is 9.78 Å². The van der Waals surface area contributed by atoms with Gasteiger partial charge in [0, 0.05) is 25.5 Å². The molecule has 4 nitrogen and oxygen atoms in total. The van der Waals surface area contributed by atoms with Crippen LogP contribution in [0, 0.1) is 5.92 Å². The Labute approximate surface area is 120 Å². The summed E-state index contributed by atoms with van der Waals surface area (Å²) in [7, 11) is 3.62. The van der Waals surface area contributed by atoms with Crippen LogP contribution in [0.3, 0.4) is 0 Å². The summed E-state index contributed by atoms with van der Waals surface area (Å²) in [5.41, 5.74) is 2.44. The third-order valence-electron chi connectivity index (χ3n) is 3.67. The molecule has 20 heavy (non-hydrogen) atoms. The van der Waals surface area contributed by atoms with Gasteiger partial charge < -0.3 is 9.84 Å². The minimum absolute atomic E-state index is 0.212. The molecule has 0 saturated heterocycles.